The lowest BCUT2D eigenvalue weighted by molar-refractivity contribution is 0.00578. The summed E-state index contributed by atoms with van der Waals surface area (Å²) in [7, 11) is -0.235. The Labute approximate surface area is 142 Å². The molecular weight excluding hydrogens is 283 g/mol. The molecule has 1 saturated heterocycles. The minimum atomic E-state index is -0.287. The highest BCUT2D eigenvalue weighted by Gasteiger charge is 2.52. The monoisotopic (exact) mass is 314 g/mol. The molecule has 126 valence electrons. The first-order chi connectivity index (χ1) is 10.8. The second-order valence-electron chi connectivity index (χ2n) is 7.46. The smallest absolute Gasteiger partial charge is 0.400 e. The second-order valence-corrected chi connectivity index (χ2v) is 7.46. The van der Waals surface area contributed by atoms with E-state index >= 15 is 0 Å². The van der Waals surface area contributed by atoms with Crippen molar-refractivity contribution in [1.82, 2.24) is 0 Å². The average molecular weight is 314 g/mol. The maximum Gasteiger partial charge on any atom is 0.490 e. The fourth-order valence-corrected chi connectivity index (χ4v) is 3.05. The first-order valence-electron chi connectivity index (χ1n) is 8.95. The summed E-state index contributed by atoms with van der Waals surface area (Å²) in [6.45, 7) is 12.9. The first kappa shape index (κ1) is 18.3. The topological polar surface area (TPSA) is 18.5 Å². The van der Waals surface area contributed by atoms with E-state index in [4.69, 9.17) is 9.31 Å². The standard InChI is InChI=1S/C20H31BO2/c1-7-12-17(16-14-10-9-11-15-16)18(13-8-2)21-22-19(3,4)20(5,6)23-21/h9-11,14-15H,7-8,12-13H2,1-6H3/b18-17-. The number of allylic oxidation sites excluding steroid dienone is 2. The van der Waals surface area contributed by atoms with Gasteiger partial charge < -0.3 is 9.31 Å². The molecule has 1 heterocycles. The van der Waals surface area contributed by atoms with Crippen molar-refractivity contribution in [3.05, 3.63) is 41.4 Å². The maximum absolute atomic E-state index is 6.35. The molecule has 2 nitrogen and oxygen atoms in total. The summed E-state index contributed by atoms with van der Waals surface area (Å²) in [6, 6.07) is 10.7. The number of rotatable bonds is 6. The van der Waals surface area contributed by atoms with Crippen molar-refractivity contribution in [3.8, 4) is 0 Å². The molecule has 3 heteroatoms. The maximum atomic E-state index is 6.35. The van der Waals surface area contributed by atoms with Gasteiger partial charge in [-0.2, -0.15) is 0 Å². The molecule has 23 heavy (non-hydrogen) atoms. The van der Waals surface area contributed by atoms with Crippen molar-refractivity contribution < 1.29 is 9.31 Å². The van der Waals surface area contributed by atoms with Crippen LogP contribution in [0.5, 0.6) is 0 Å². The van der Waals surface area contributed by atoms with Gasteiger partial charge >= 0.3 is 7.12 Å². The number of hydrogen-bond donors (Lipinski definition) is 0. The predicted octanol–water partition coefficient (Wildman–Crippen LogP) is 5.67. The van der Waals surface area contributed by atoms with Crippen molar-refractivity contribution >= 4 is 12.7 Å². The van der Waals surface area contributed by atoms with Crippen LogP contribution >= 0.6 is 0 Å². The van der Waals surface area contributed by atoms with Crippen LogP contribution in [0.25, 0.3) is 5.57 Å². The third-order valence-corrected chi connectivity index (χ3v) is 5.07. The molecule has 1 aliphatic heterocycles. The molecule has 1 aromatic rings. The van der Waals surface area contributed by atoms with Crippen molar-refractivity contribution in [2.45, 2.75) is 78.4 Å². The molecule has 2 rings (SSSR count). The van der Waals surface area contributed by atoms with Crippen molar-refractivity contribution in [2.24, 2.45) is 0 Å². The number of benzene rings is 1. The van der Waals surface area contributed by atoms with E-state index in [0.29, 0.717) is 0 Å². The minimum absolute atomic E-state index is 0.235. The van der Waals surface area contributed by atoms with Gasteiger partial charge in [-0.05, 0) is 57.1 Å². The van der Waals surface area contributed by atoms with Gasteiger partial charge in [0.2, 0.25) is 0 Å². The number of hydrogen-bond acceptors (Lipinski definition) is 2. The molecule has 1 fully saturated rings. The highest BCUT2D eigenvalue weighted by molar-refractivity contribution is 6.56. The summed E-state index contributed by atoms with van der Waals surface area (Å²) < 4.78 is 12.7. The van der Waals surface area contributed by atoms with E-state index in [1.807, 2.05) is 0 Å². The second kappa shape index (κ2) is 7.23. The van der Waals surface area contributed by atoms with Crippen LogP contribution in [0.3, 0.4) is 0 Å². The minimum Gasteiger partial charge on any atom is -0.400 e. The molecular formula is C20H31BO2. The van der Waals surface area contributed by atoms with Gasteiger partial charge in [0.1, 0.15) is 0 Å². The Bertz CT molecular complexity index is 530. The summed E-state index contributed by atoms with van der Waals surface area (Å²) in [5, 5.41) is 0. The van der Waals surface area contributed by atoms with Crippen molar-refractivity contribution in [2.75, 3.05) is 0 Å². The Morgan fingerprint density at radius 3 is 1.87 bits per heavy atom. The molecule has 1 aromatic carbocycles. The summed E-state index contributed by atoms with van der Waals surface area (Å²) in [5.74, 6) is 0. The molecule has 0 spiro atoms. The Kier molecular flexibility index (Phi) is 5.75. The summed E-state index contributed by atoms with van der Waals surface area (Å²) in [5.41, 5.74) is 3.44. The lowest BCUT2D eigenvalue weighted by Crippen LogP contribution is -2.41. The lowest BCUT2D eigenvalue weighted by atomic mass is 9.70. The summed E-state index contributed by atoms with van der Waals surface area (Å²) >= 11 is 0. The van der Waals surface area contributed by atoms with Crippen LogP contribution in [-0.4, -0.2) is 18.3 Å². The van der Waals surface area contributed by atoms with Gasteiger partial charge in [-0.25, -0.2) is 0 Å². The molecule has 1 aliphatic rings. The van der Waals surface area contributed by atoms with Gasteiger partial charge in [-0.3, -0.25) is 0 Å². The molecule has 0 N–H and O–H groups in total. The van der Waals surface area contributed by atoms with Crippen molar-refractivity contribution in [3.63, 3.8) is 0 Å². The van der Waals surface area contributed by atoms with Crippen molar-refractivity contribution in [1.29, 1.82) is 0 Å². The quantitative estimate of drug-likeness (QED) is 0.630. The zero-order valence-electron chi connectivity index (χ0n) is 15.6. The van der Waals surface area contributed by atoms with E-state index in [9.17, 15) is 0 Å². The fraction of sp³-hybridized carbons (Fsp3) is 0.600. The lowest BCUT2D eigenvalue weighted by Gasteiger charge is -2.32. The highest BCUT2D eigenvalue weighted by atomic mass is 16.7. The Balaban J connectivity index is 2.46. The molecule has 0 aliphatic carbocycles. The predicted molar refractivity (Wildman–Crippen MR) is 99.3 cm³/mol. The van der Waals surface area contributed by atoms with Crippen LogP contribution in [0.4, 0.5) is 0 Å². The van der Waals surface area contributed by atoms with Gasteiger partial charge in [0.25, 0.3) is 0 Å². The Morgan fingerprint density at radius 2 is 1.39 bits per heavy atom. The molecule has 0 radical (unpaired) electrons. The molecule has 0 atom stereocenters. The molecule has 0 bridgehead atoms. The summed E-state index contributed by atoms with van der Waals surface area (Å²) in [6.07, 6.45) is 4.29. The van der Waals surface area contributed by atoms with Crippen LogP contribution in [0, 0.1) is 0 Å². The Hall–Kier alpha value is -1.06. The highest BCUT2D eigenvalue weighted by Crippen LogP contribution is 2.41. The average Bonchev–Trinajstić information content (AvgIpc) is 2.72. The van der Waals surface area contributed by atoms with E-state index in [-0.39, 0.29) is 18.3 Å². The van der Waals surface area contributed by atoms with E-state index in [1.165, 1.54) is 16.6 Å². The molecule has 0 amide bonds. The van der Waals surface area contributed by atoms with E-state index < -0.39 is 0 Å². The van der Waals surface area contributed by atoms with Gasteiger partial charge in [0.05, 0.1) is 11.2 Å². The zero-order valence-corrected chi connectivity index (χ0v) is 15.6. The SMILES string of the molecule is CCC/C(B1OC(C)(C)C(C)(C)O1)=C(\CCC)c1ccccc1. The van der Waals surface area contributed by atoms with Crippen LogP contribution in [0.2, 0.25) is 0 Å². The normalized spacial score (nSPS) is 20.5. The fourth-order valence-electron chi connectivity index (χ4n) is 3.05. The molecule has 0 saturated carbocycles. The van der Waals surface area contributed by atoms with Gasteiger partial charge in [-0.1, -0.05) is 57.0 Å². The molecule has 0 unspecified atom stereocenters. The third-order valence-electron chi connectivity index (χ3n) is 5.07. The van der Waals surface area contributed by atoms with E-state index in [2.05, 4.69) is 71.9 Å². The Morgan fingerprint density at radius 1 is 0.870 bits per heavy atom. The van der Waals surface area contributed by atoms with Crippen LogP contribution < -0.4 is 0 Å². The van der Waals surface area contributed by atoms with E-state index in [0.717, 1.165) is 25.7 Å². The zero-order chi connectivity index (χ0) is 17.1. The van der Waals surface area contributed by atoms with Crippen LogP contribution in [0.15, 0.2) is 35.8 Å². The largest absolute Gasteiger partial charge is 0.490 e. The van der Waals surface area contributed by atoms with Gasteiger partial charge in [0.15, 0.2) is 0 Å². The van der Waals surface area contributed by atoms with Gasteiger partial charge in [-0.15, -0.1) is 0 Å². The van der Waals surface area contributed by atoms with Crippen LogP contribution in [-0.2, 0) is 9.31 Å². The van der Waals surface area contributed by atoms with E-state index in [1.54, 1.807) is 0 Å². The first-order valence-corrected chi connectivity index (χ1v) is 8.95. The van der Waals surface area contributed by atoms with Crippen LogP contribution in [0.1, 0.15) is 72.8 Å². The molecule has 0 aromatic heterocycles. The summed E-state index contributed by atoms with van der Waals surface area (Å²) in [4.78, 5) is 0. The third kappa shape index (κ3) is 3.89. The van der Waals surface area contributed by atoms with Gasteiger partial charge in [0, 0.05) is 0 Å².